The van der Waals surface area contributed by atoms with Crippen molar-refractivity contribution >= 4 is 10.0 Å². The fourth-order valence-corrected chi connectivity index (χ4v) is 7.82. The van der Waals surface area contributed by atoms with E-state index in [4.69, 9.17) is 0 Å². The first-order chi connectivity index (χ1) is 13.9. The molecule has 0 atom stereocenters. The third-order valence-corrected chi connectivity index (χ3v) is 9.33. The summed E-state index contributed by atoms with van der Waals surface area (Å²) in [4.78, 5) is 4.33. The lowest BCUT2D eigenvalue weighted by Gasteiger charge is -2.42. The lowest BCUT2D eigenvalue weighted by Crippen LogP contribution is -2.09. The van der Waals surface area contributed by atoms with Gasteiger partial charge in [0.1, 0.15) is 0 Å². The highest BCUT2D eigenvalue weighted by molar-refractivity contribution is 8.33. The number of rotatable bonds is 7. The van der Waals surface area contributed by atoms with Crippen LogP contribution in [0.5, 0.6) is 0 Å². The Morgan fingerprint density at radius 1 is 0.429 bits per heavy atom. The number of aryl methyl sites for hydroxylation is 1. The minimum absolute atomic E-state index is 1.11. The van der Waals surface area contributed by atoms with Gasteiger partial charge in [0.25, 0.3) is 0 Å². The van der Waals surface area contributed by atoms with E-state index in [1.807, 2.05) is 0 Å². The Labute approximate surface area is 170 Å². The zero-order valence-corrected chi connectivity index (χ0v) is 16.9. The first-order valence-corrected chi connectivity index (χ1v) is 11.7. The summed E-state index contributed by atoms with van der Waals surface area (Å²) in [6.07, 6.45) is 2.28. The fraction of sp³-hybridized carbons (Fsp3) is 0.111. The average Bonchev–Trinajstić information content (AvgIpc) is 2.79. The molecule has 28 heavy (non-hydrogen) atoms. The third kappa shape index (κ3) is 3.90. The van der Waals surface area contributed by atoms with Crippen LogP contribution >= 0.6 is 10.0 Å². The van der Waals surface area contributed by atoms with E-state index in [2.05, 4.69) is 121 Å². The molecule has 0 nitrogen and oxygen atoms in total. The predicted molar refractivity (Wildman–Crippen MR) is 121 cm³/mol. The second-order valence-corrected chi connectivity index (χ2v) is 10.3. The Hall–Kier alpha value is -2.77. The molecule has 0 aliphatic heterocycles. The van der Waals surface area contributed by atoms with Gasteiger partial charge >= 0.3 is 0 Å². The molecule has 140 valence electrons. The van der Waals surface area contributed by atoms with E-state index >= 15 is 0 Å². The van der Waals surface area contributed by atoms with Crippen LogP contribution in [0.3, 0.4) is 0 Å². The van der Waals surface area contributed by atoms with Crippen LogP contribution in [0, 0.1) is 0 Å². The largest absolute Gasteiger partial charge is 0.160 e. The van der Waals surface area contributed by atoms with Crippen molar-refractivity contribution in [3.05, 3.63) is 127 Å². The van der Waals surface area contributed by atoms with Crippen LogP contribution in [-0.2, 0) is 6.42 Å². The van der Waals surface area contributed by atoms with Gasteiger partial charge in [0, 0.05) is 0 Å². The minimum Gasteiger partial charge on any atom is -0.160 e. The van der Waals surface area contributed by atoms with E-state index in [0.29, 0.717) is 0 Å². The second-order valence-electron chi connectivity index (χ2n) is 6.97. The summed E-state index contributed by atoms with van der Waals surface area (Å²) in [7, 11) is -1.30. The fourth-order valence-electron chi connectivity index (χ4n) is 3.86. The highest BCUT2D eigenvalue weighted by atomic mass is 32.3. The average molecular weight is 383 g/mol. The molecule has 4 rings (SSSR count). The summed E-state index contributed by atoms with van der Waals surface area (Å²) in [5.41, 5.74) is 1.42. The summed E-state index contributed by atoms with van der Waals surface area (Å²) in [5.74, 6) is 1.15. The van der Waals surface area contributed by atoms with Crippen LogP contribution in [0.4, 0.5) is 0 Å². The van der Waals surface area contributed by atoms with Gasteiger partial charge in [-0.15, -0.1) is 0 Å². The molecule has 4 aromatic carbocycles. The van der Waals surface area contributed by atoms with E-state index in [9.17, 15) is 0 Å². The lowest BCUT2D eigenvalue weighted by molar-refractivity contribution is 0.922. The molecule has 0 unspecified atom stereocenters. The van der Waals surface area contributed by atoms with Gasteiger partial charge in [-0.2, -0.15) is 10.0 Å². The van der Waals surface area contributed by atoms with Gasteiger partial charge in [-0.1, -0.05) is 84.9 Å². The van der Waals surface area contributed by atoms with E-state index < -0.39 is 10.0 Å². The monoisotopic (exact) mass is 382 g/mol. The van der Waals surface area contributed by atoms with Crippen molar-refractivity contribution in [2.24, 2.45) is 0 Å². The van der Waals surface area contributed by atoms with Gasteiger partial charge in [0.15, 0.2) is 0 Å². The molecule has 0 fully saturated rings. The van der Waals surface area contributed by atoms with Crippen LogP contribution in [0.25, 0.3) is 0 Å². The first-order valence-electron chi connectivity index (χ1n) is 9.90. The molecule has 0 radical (unpaired) electrons. The Balaban J connectivity index is 1.79. The minimum atomic E-state index is -1.30. The molecule has 0 N–H and O–H groups in total. The van der Waals surface area contributed by atoms with Crippen LogP contribution in [0.1, 0.15) is 12.0 Å². The van der Waals surface area contributed by atoms with Gasteiger partial charge in [0.2, 0.25) is 0 Å². The summed E-state index contributed by atoms with van der Waals surface area (Å²) in [5, 5.41) is 0. The molecule has 0 saturated heterocycles. The zero-order chi connectivity index (χ0) is 19.1. The predicted octanol–water partition coefficient (Wildman–Crippen LogP) is 7.60. The maximum absolute atomic E-state index is 2.32. The normalized spacial score (nSPS) is 11.9. The smallest absolute Gasteiger partial charge is 0.00187 e. The number of hydrogen-bond donors (Lipinski definition) is 0. The molecule has 0 amide bonds. The molecule has 0 aliphatic rings. The molecular formula is C27H26S. The Morgan fingerprint density at radius 3 is 1.18 bits per heavy atom. The quantitative estimate of drug-likeness (QED) is 0.309. The van der Waals surface area contributed by atoms with Crippen LogP contribution in [-0.4, -0.2) is 5.75 Å². The maximum atomic E-state index is 2.32. The van der Waals surface area contributed by atoms with Gasteiger partial charge in [-0.3, -0.25) is 0 Å². The molecule has 0 aromatic heterocycles. The van der Waals surface area contributed by atoms with Crippen molar-refractivity contribution in [1.29, 1.82) is 0 Å². The third-order valence-electron chi connectivity index (χ3n) is 5.20. The molecule has 0 aliphatic carbocycles. The molecular weight excluding hydrogens is 356 g/mol. The van der Waals surface area contributed by atoms with Crippen LogP contribution in [0.15, 0.2) is 136 Å². The maximum Gasteiger partial charge on any atom is -0.00187 e. The first kappa shape index (κ1) is 18.6. The summed E-state index contributed by atoms with van der Waals surface area (Å²) < 4.78 is 0. The molecule has 1 heteroatoms. The summed E-state index contributed by atoms with van der Waals surface area (Å²) >= 11 is 0. The number of benzene rings is 4. The standard InChI is InChI=1S/C27H26S/c1-5-14-24(15-6-1)16-13-23-28(25-17-7-2-8-18-25,26-19-9-3-10-20-26)27-21-11-4-12-22-27/h1-12,14-15,17-22H,13,16,23H2. The van der Waals surface area contributed by atoms with Gasteiger partial charge in [-0.05, 0) is 75.2 Å². The lowest BCUT2D eigenvalue weighted by atomic mass is 10.1. The van der Waals surface area contributed by atoms with Crippen LogP contribution in [0.2, 0.25) is 0 Å². The van der Waals surface area contributed by atoms with Gasteiger partial charge in [0.05, 0.1) is 0 Å². The SMILES string of the molecule is c1ccc(CCCS(c2ccccc2)(c2ccccc2)c2ccccc2)cc1. The topological polar surface area (TPSA) is 0 Å². The van der Waals surface area contributed by atoms with Crippen molar-refractivity contribution in [2.45, 2.75) is 27.5 Å². The Kier molecular flexibility index (Phi) is 5.94. The van der Waals surface area contributed by atoms with Gasteiger partial charge in [-0.25, -0.2) is 0 Å². The van der Waals surface area contributed by atoms with E-state index in [1.165, 1.54) is 20.2 Å². The van der Waals surface area contributed by atoms with E-state index in [1.54, 1.807) is 0 Å². The Bertz CT molecular complexity index is 867. The molecule has 0 spiro atoms. The summed E-state index contributed by atoms with van der Waals surface area (Å²) in [6, 6.07) is 44.2. The summed E-state index contributed by atoms with van der Waals surface area (Å²) in [6.45, 7) is 0. The highest BCUT2D eigenvalue weighted by Crippen LogP contribution is 2.68. The van der Waals surface area contributed by atoms with Crippen LogP contribution < -0.4 is 0 Å². The van der Waals surface area contributed by atoms with E-state index in [0.717, 1.165) is 18.6 Å². The second kappa shape index (κ2) is 8.95. The van der Waals surface area contributed by atoms with Crippen molar-refractivity contribution in [2.75, 3.05) is 5.75 Å². The van der Waals surface area contributed by atoms with Crippen molar-refractivity contribution in [3.8, 4) is 0 Å². The van der Waals surface area contributed by atoms with Crippen molar-refractivity contribution in [1.82, 2.24) is 0 Å². The molecule has 0 bridgehead atoms. The van der Waals surface area contributed by atoms with E-state index in [-0.39, 0.29) is 0 Å². The number of hydrogen-bond acceptors (Lipinski definition) is 0. The van der Waals surface area contributed by atoms with Crippen molar-refractivity contribution < 1.29 is 0 Å². The highest BCUT2D eigenvalue weighted by Gasteiger charge is 2.30. The molecule has 0 heterocycles. The molecule has 0 saturated carbocycles. The zero-order valence-electron chi connectivity index (χ0n) is 16.1. The molecule has 4 aromatic rings. The van der Waals surface area contributed by atoms with Crippen molar-refractivity contribution in [3.63, 3.8) is 0 Å². The Morgan fingerprint density at radius 2 is 0.786 bits per heavy atom. The van der Waals surface area contributed by atoms with Gasteiger partial charge < -0.3 is 0 Å².